The van der Waals surface area contributed by atoms with Crippen molar-refractivity contribution in [2.45, 2.75) is 44.4 Å². The van der Waals surface area contributed by atoms with Crippen LogP contribution in [0.3, 0.4) is 0 Å². The van der Waals surface area contributed by atoms with Gasteiger partial charge in [0.1, 0.15) is 0 Å². The minimum atomic E-state index is -1.49. The molecule has 2 nitrogen and oxygen atoms in total. The minimum Gasteiger partial charge on any atom is -0.423 e. The van der Waals surface area contributed by atoms with Gasteiger partial charge in [-0.2, -0.15) is 0 Å². The molecule has 486 valence electrons. The van der Waals surface area contributed by atoms with Crippen molar-refractivity contribution in [3.63, 3.8) is 0 Å². The van der Waals surface area contributed by atoms with Gasteiger partial charge in [-0.05, 0) is 234 Å². The highest BCUT2D eigenvalue weighted by molar-refractivity contribution is 9.10. The van der Waals surface area contributed by atoms with Gasteiger partial charge in [-0.1, -0.05) is 341 Å². The Morgan fingerprint density at radius 3 is 1.24 bits per heavy atom. The molecule has 17 aromatic rings. The topological polar surface area (TPSA) is 40.5 Å². The molecule has 2 N–H and O–H groups in total. The summed E-state index contributed by atoms with van der Waals surface area (Å²) in [7, 11) is -1.49. The van der Waals surface area contributed by atoms with Gasteiger partial charge in [0.05, 0.1) is 0 Å². The number of hydrogen-bond donors (Lipinski definition) is 2. The summed E-state index contributed by atoms with van der Waals surface area (Å²) >= 11 is 3.64. The maximum Gasteiger partial charge on any atom is 0.489 e. The van der Waals surface area contributed by atoms with Gasteiger partial charge >= 0.3 is 7.12 Å². The summed E-state index contributed by atoms with van der Waals surface area (Å²) in [5.41, 5.74) is 21.6. The van der Waals surface area contributed by atoms with Crippen LogP contribution in [0.1, 0.15) is 61.4 Å². The van der Waals surface area contributed by atoms with E-state index in [4.69, 9.17) is 0 Å². The average molecular weight is 1370 g/mol. The predicted molar refractivity (Wildman–Crippen MR) is 439 cm³/mol. The van der Waals surface area contributed by atoms with Crippen LogP contribution in [0.25, 0.3) is 147 Å². The molecular weight excluding hydrogens is 1300 g/mol. The first-order valence-corrected chi connectivity index (χ1v) is 36.3. The third kappa shape index (κ3) is 10.7. The summed E-state index contributed by atoms with van der Waals surface area (Å²) in [4.78, 5) is 0. The Hall–Kier alpha value is -11.2. The highest BCUT2D eigenvalue weighted by Crippen LogP contribution is 2.56. The van der Waals surface area contributed by atoms with Crippen molar-refractivity contribution in [2.24, 2.45) is 5.92 Å². The number of fused-ring (bicyclic) bond motifs is 16. The van der Waals surface area contributed by atoms with Crippen molar-refractivity contribution in [1.29, 1.82) is 0 Å². The molecule has 0 radical (unpaired) electrons. The summed E-state index contributed by atoms with van der Waals surface area (Å²) in [5.74, 6) is 0.770. The fourth-order valence-electron chi connectivity index (χ4n) is 17.3. The molecule has 102 heavy (non-hydrogen) atoms. The lowest BCUT2D eigenvalue weighted by Gasteiger charge is -2.31. The van der Waals surface area contributed by atoms with Crippen LogP contribution in [0.4, 0.5) is 0 Å². The monoisotopic (exact) mass is 1370 g/mol. The fraction of sp³-hybridized carbons (Fsp3) is 0.0816. The van der Waals surface area contributed by atoms with Gasteiger partial charge in [0.15, 0.2) is 0 Å². The van der Waals surface area contributed by atoms with Crippen LogP contribution in [-0.4, -0.2) is 17.2 Å². The highest BCUT2D eigenvalue weighted by atomic mass is 79.9. The highest BCUT2D eigenvalue weighted by Gasteiger charge is 2.45. The largest absolute Gasteiger partial charge is 0.489 e. The molecular formula is C98H72BBrO2. The summed E-state index contributed by atoms with van der Waals surface area (Å²) < 4.78 is 1.15. The van der Waals surface area contributed by atoms with Crippen LogP contribution in [0.5, 0.6) is 0 Å². The minimum absolute atomic E-state index is 0.00260. The van der Waals surface area contributed by atoms with E-state index in [1.54, 1.807) is 0 Å². The van der Waals surface area contributed by atoms with E-state index in [0.29, 0.717) is 17.3 Å². The predicted octanol–water partition coefficient (Wildman–Crippen LogP) is 25.3. The maximum atomic E-state index is 9.75. The molecule has 0 saturated heterocycles. The van der Waals surface area contributed by atoms with E-state index < -0.39 is 7.12 Å². The first-order valence-electron chi connectivity index (χ1n) is 35.5. The molecule has 4 heteroatoms. The molecule has 3 aliphatic rings. The Balaban J connectivity index is 0.000000119. The zero-order valence-corrected chi connectivity index (χ0v) is 58.9. The van der Waals surface area contributed by atoms with E-state index in [-0.39, 0.29) is 10.8 Å². The van der Waals surface area contributed by atoms with E-state index in [1.807, 2.05) is 36.4 Å². The molecule has 0 bridgehead atoms. The molecule has 17 aromatic carbocycles. The van der Waals surface area contributed by atoms with Gasteiger partial charge in [0, 0.05) is 15.8 Å². The van der Waals surface area contributed by atoms with Gasteiger partial charge in [-0.3, -0.25) is 0 Å². The van der Waals surface area contributed by atoms with Crippen LogP contribution in [0, 0.1) is 5.92 Å². The Morgan fingerprint density at radius 1 is 0.304 bits per heavy atom. The van der Waals surface area contributed by atoms with Crippen LogP contribution in [-0.2, 0) is 10.8 Å². The summed E-state index contributed by atoms with van der Waals surface area (Å²) in [6.07, 6.45) is 7.44. The summed E-state index contributed by atoms with van der Waals surface area (Å²) in [6.45, 7) is 9.54. The second kappa shape index (κ2) is 25.1. The van der Waals surface area contributed by atoms with Crippen molar-refractivity contribution in [3.05, 3.63) is 372 Å². The van der Waals surface area contributed by atoms with Gasteiger partial charge in [0.25, 0.3) is 0 Å². The lowest BCUT2D eigenvalue weighted by atomic mass is 9.72. The molecule has 0 fully saturated rings. The smallest absolute Gasteiger partial charge is 0.423 e. The number of hydrogen-bond acceptors (Lipinski definition) is 2. The molecule has 0 heterocycles. The Kier molecular flexibility index (Phi) is 15.5. The number of allylic oxidation sites excluding steroid dienone is 4. The van der Waals surface area contributed by atoms with E-state index in [1.165, 1.54) is 153 Å². The van der Waals surface area contributed by atoms with Gasteiger partial charge in [-0.15, -0.1) is 0 Å². The Labute approximate surface area is 604 Å². The van der Waals surface area contributed by atoms with Crippen LogP contribution in [0.2, 0.25) is 0 Å². The van der Waals surface area contributed by atoms with Crippen molar-refractivity contribution < 1.29 is 10.0 Å². The third-order valence-corrected chi connectivity index (χ3v) is 23.1. The average Bonchev–Trinajstić information content (AvgIpc) is 1.47. The van der Waals surface area contributed by atoms with Crippen LogP contribution in [0.15, 0.2) is 344 Å². The van der Waals surface area contributed by atoms with Crippen molar-refractivity contribution in [2.75, 3.05) is 0 Å². The third-order valence-electron chi connectivity index (χ3n) is 22.6. The Bertz CT molecular complexity index is 6350. The van der Waals surface area contributed by atoms with Gasteiger partial charge < -0.3 is 10.0 Å². The molecule has 0 spiro atoms. The quantitative estimate of drug-likeness (QED) is 0.129. The lowest BCUT2D eigenvalue weighted by molar-refractivity contribution is 0.395. The molecule has 0 saturated carbocycles. The molecule has 0 aromatic heterocycles. The normalized spacial score (nSPS) is 15.2. The van der Waals surface area contributed by atoms with Crippen molar-refractivity contribution in [3.8, 4) is 55.6 Å². The molecule has 20 rings (SSSR count). The van der Waals surface area contributed by atoms with E-state index in [0.717, 1.165) is 26.4 Å². The summed E-state index contributed by atoms with van der Waals surface area (Å²) in [5, 5.41) is 39.2. The van der Waals surface area contributed by atoms with Gasteiger partial charge in [-0.25, -0.2) is 0 Å². The lowest BCUT2D eigenvalue weighted by Crippen LogP contribution is -2.30. The van der Waals surface area contributed by atoms with Crippen LogP contribution >= 0.6 is 15.9 Å². The maximum absolute atomic E-state index is 9.75. The molecule has 2 unspecified atom stereocenters. The van der Waals surface area contributed by atoms with E-state index >= 15 is 0 Å². The zero-order valence-electron chi connectivity index (χ0n) is 57.3. The van der Waals surface area contributed by atoms with Gasteiger partial charge in [0.2, 0.25) is 0 Å². The molecule has 3 aliphatic carbocycles. The first-order chi connectivity index (χ1) is 49.8. The second-order valence-electron chi connectivity index (χ2n) is 29.0. The number of rotatable bonds is 6. The summed E-state index contributed by atoms with van der Waals surface area (Å²) in [6, 6.07) is 116. The first kappa shape index (κ1) is 63.0. The SMILES string of the molecule is CC1(C)c2cc(-c3ccc4ccccc4c3)ccc2C2C=CC(c3ccc(-c4cc5ccccc5c5ccccc45)c4ccccc34)=CC21.CC1(C)c2cc(Br)ccc2-c2ccc(-c3ccc4ccccc4c3)cc21.OB(O)c1ccc(-c2cc3ccccc3c3ccccc23)c2ccccc12. The van der Waals surface area contributed by atoms with Crippen LogP contribution < -0.4 is 5.46 Å². The van der Waals surface area contributed by atoms with Crippen molar-refractivity contribution >= 4 is 120 Å². The van der Waals surface area contributed by atoms with Crippen molar-refractivity contribution in [1.82, 2.24) is 0 Å². The molecule has 2 atom stereocenters. The van der Waals surface area contributed by atoms with E-state index in [2.05, 4.69) is 347 Å². The number of benzene rings is 17. The Morgan fingerprint density at radius 2 is 0.686 bits per heavy atom. The number of halogens is 1. The zero-order chi connectivity index (χ0) is 69.0. The second-order valence-corrected chi connectivity index (χ2v) is 29.9. The fourth-order valence-corrected chi connectivity index (χ4v) is 17.7. The molecule has 0 aliphatic heterocycles. The molecule has 0 amide bonds. The standard InChI is InChI=1S/C49H36.C25H19Br.C24H17BO2/c1-49(2)47-29-34(33-20-19-31-11-3-4-12-32(31)27-33)21-23-44(47)45-24-22-36(30-48(45)49)38-25-26-43(41-17-9-7-16-40(38)41)46-28-35-13-5-6-14-37(35)39-15-8-10-18-42(39)46;1-25(2)23-14-19(18-8-7-16-5-3-4-6-17(16)13-18)9-11-21(23)22-12-10-20(26)15-24(22)25;26-25(27)24-14-13-21(19-10-5-6-12-22(19)24)23-15-16-7-1-2-8-17(16)18-9-3-4-11-20(18)23/h3-30,45,48H,1-2H3;3-15H,1-2H3;1-15,26-27H. The van der Waals surface area contributed by atoms with E-state index in [9.17, 15) is 10.0 Å².